The zero-order valence-electron chi connectivity index (χ0n) is 48.6. The lowest BCUT2D eigenvalue weighted by molar-refractivity contribution is -0.122. The second kappa shape index (κ2) is 23.1. The van der Waals surface area contributed by atoms with Crippen LogP contribution in [0.25, 0.3) is 37.0 Å². The number of allylic oxidation sites excluding steroid dienone is 6. The van der Waals surface area contributed by atoms with Gasteiger partial charge in [-0.3, -0.25) is 10.1 Å². The summed E-state index contributed by atoms with van der Waals surface area (Å²) in [6, 6.07) is 19.9. The highest BCUT2D eigenvalue weighted by molar-refractivity contribution is 6.02. The van der Waals surface area contributed by atoms with Gasteiger partial charge in [-0.15, -0.1) is 0 Å². The van der Waals surface area contributed by atoms with Crippen molar-refractivity contribution in [3.8, 4) is 22.5 Å². The minimum atomic E-state index is -0.572. The molecule has 0 spiro atoms. The largest absolute Gasteiger partial charge is 0.368 e. The number of amides is 1. The normalized spacial score (nSPS) is 27.5. The van der Waals surface area contributed by atoms with E-state index in [2.05, 4.69) is 55.6 Å². The highest BCUT2D eigenvalue weighted by Crippen LogP contribution is 2.54. The molecule has 0 radical (unpaired) electrons. The van der Waals surface area contributed by atoms with Crippen LogP contribution >= 0.6 is 0 Å². The average Bonchev–Trinajstić information content (AvgIpc) is 2.17. The lowest BCUT2D eigenvalue weighted by atomic mass is 9.58. The smallest absolute Gasteiger partial charge is 0.230 e. The van der Waals surface area contributed by atoms with E-state index < -0.39 is 10.8 Å². The van der Waals surface area contributed by atoms with Crippen LogP contribution in [0.1, 0.15) is 138 Å². The molecule has 5 N–H and O–H groups in total. The number of aromatic nitrogens is 6. The minimum absolute atomic E-state index is 0.00201. The molecular formula is C67H72N12O4. The van der Waals surface area contributed by atoms with E-state index in [1.807, 2.05) is 107 Å². The second-order valence-corrected chi connectivity index (χ2v) is 24.3. The lowest BCUT2D eigenvalue weighted by Gasteiger charge is -2.46. The van der Waals surface area contributed by atoms with Gasteiger partial charge in [0.25, 0.3) is 0 Å². The van der Waals surface area contributed by atoms with Crippen LogP contribution in [-0.4, -0.2) is 59.7 Å². The molecule has 2 aromatic carbocycles. The molecule has 0 saturated heterocycles. The molecule has 12 rings (SSSR count). The van der Waals surface area contributed by atoms with Crippen LogP contribution in [0.4, 0.5) is 11.9 Å². The summed E-state index contributed by atoms with van der Waals surface area (Å²) in [7, 11) is 0. The Bertz CT molecular complexity index is 3680. The Morgan fingerprint density at radius 1 is 0.578 bits per heavy atom. The third-order valence-electron chi connectivity index (χ3n) is 19.4. The van der Waals surface area contributed by atoms with Gasteiger partial charge in [0.1, 0.15) is 5.82 Å². The summed E-state index contributed by atoms with van der Waals surface area (Å²) in [6.45, 7) is 36.9. The van der Waals surface area contributed by atoms with Gasteiger partial charge in [0.2, 0.25) is 34.9 Å². The quantitative estimate of drug-likeness (QED) is 0.135. The first-order valence-electron chi connectivity index (χ1n) is 29.3. The number of aryl methyl sites for hydroxylation is 1. The van der Waals surface area contributed by atoms with Gasteiger partial charge < -0.3 is 25.9 Å². The number of hydrogen-bond donors (Lipinski definition) is 3. The molecule has 0 unspecified atom stereocenters. The van der Waals surface area contributed by atoms with Crippen molar-refractivity contribution >= 4 is 35.2 Å². The van der Waals surface area contributed by atoms with Crippen LogP contribution in [0, 0.1) is 68.1 Å². The Morgan fingerprint density at radius 3 is 1.45 bits per heavy atom. The summed E-state index contributed by atoms with van der Waals surface area (Å²) in [4.78, 5) is 89.4. The van der Waals surface area contributed by atoms with Crippen LogP contribution in [0.3, 0.4) is 0 Å². The lowest BCUT2D eigenvalue weighted by Crippen LogP contribution is -2.46. The molecule has 7 aliphatic rings. The molecular weight excluding hydrogens is 1040 g/mol. The summed E-state index contributed by atoms with van der Waals surface area (Å²) < 4.78 is 0. The molecule has 5 aromatic rings. The standard InChI is InChI=1S/C28H30N4O2.C21H20N4O.C18H22N4O/c1-17-21-15-14-20-23(18-10-6-4-7-11-18)30-27(32-26(34)19-12-8-5-9-13-19)31-25(20)28(21,2)16-22(29-3)24(17)33;1-12-15-10-9-14-17(13-7-5-4-6-8-13)24-20(22)25-19(14)21(15,2)11-16(23-3)18(12)26;1-10-13-6-5-12-11(2)21-15(7-8-19)22-17(12)18(13,3)9-14(20-4)16(10)23/h4,6-7,10-11,16-17,19,21H,5,8-9,12-15H2,1-2H3,(H,30,31,32,34);4-8,11-12,15H,9-10H2,1-2H3,(H2,22,24,25);9-10,13H,5-8,19H2,1-3H3/t17-,21-,28-;12-,15-,21-;10-,13-,18-/m111/s1. The molecule has 9 atom stereocenters. The number of benzene rings is 2. The number of anilines is 2. The molecule has 16 nitrogen and oxygen atoms in total. The fraction of sp³-hybridized carbons (Fsp3) is 0.448. The first-order valence-corrected chi connectivity index (χ1v) is 29.3. The van der Waals surface area contributed by atoms with Gasteiger partial charge in [-0.25, -0.2) is 44.4 Å². The van der Waals surface area contributed by atoms with Gasteiger partial charge in [-0.1, -0.05) is 140 Å². The van der Waals surface area contributed by atoms with Crippen LogP contribution in [0.15, 0.2) is 96.0 Å². The maximum absolute atomic E-state index is 13.1. The molecule has 1 amide bonds. The van der Waals surface area contributed by atoms with Crippen molar-refractivity contribution < 1.29 is 19.2 Å². The topological polar surface area (TPSA) is 223 Å². The van der Waals surface area contributed by atoms with Gasteiger partial charge in [-0.05, 0) is 88.2 Å². The molecule has 1 fully saturated rings. The number of nitrogens with two attached hydrogens (primary N) is 2. The molecule has 3 heterocycles. The van der Waals surface area contributed by atoms with Crippen molar-refractivity contribution in [3.05, 3.63) is 176 Å². The van der Waals surface area contributed by atoms with E-state index in [1.54, 1.807) is 0 Å². The SMILES string of the molecule is [C-]#[N+]C1=C[C@@]2(C)c3nc(CCN)nc(C)c3CC[C@@H]2[C@@H](C)C1=O.[C-]#[N+]C1=C[C@@]2(C)c3nc(N)nc(-c4ccccc4)c3CC[C@@H]2[C@@H](C)C1=O.[C-]#[N+]C1=C[C@@]2(C)c3nc(NC(=O)C4CCCCC4)nc(-c4ccccc4)c3CC[C@@H]2[C@@H](C)C1=O. The first-order chi connectivity index (χ1) is 39.8. The predicted molar refractivity (Wildman–Crippen MR) is 318 cm³/mol. The summed E-state index contributed by atoms with van der Waals surface area (Å²) in [5.74, 6) is 0.893. The van der Waals surface area contributed by atoms with Crippen LogP contribution in [0.2, 0.25) is 0 Å². The Labute approximate surface area is 486 Å². The van der Waals surface area contributed by atoms with Gasteiger partial charge in [0, 0.05) is 74.3 Å². The molecule has 3 aromatic heterocycles. The van der Waals surface area contributed by atoms with Gasteiger partial charge in [0.05, 0.1) is 48.2 Å². The fourth-order valence-electron chi connectivity index (χ4n) is 15.0. The predicted octanol–water partition coefficient (Wildman–Crippen LogP) is 11.2. The Morgan fingerprint density at radius 2 is 1.00 bits per heavy atom. The molecule has 0 aliphatic heterocycles. The van der Waals surface area contributed by atoms with Crippen molar-refractivity contribution in [2.24, 2.45) is 47.2 Å². The summed E-state index contributed by atoms with van der Waals surface area (Å²) in [5.41, 5.74) is 21.6. The van der Waals surface area contributed by atoms with E-state index in [4.69, 9.17) is 46.1 Å². The van der Waals surface area contributed by atoms with E-state index in [9.17, 15) is 19.2 Å². The Balaban J connectivity index is 0.000000142. The number of rotatable bonds is 6. The fourth-order valence-corrected chi connectivity index (χ4v) is 15.0. The number of ketones is 3. The van der Waals surface area contributed by atoms with E-state index >= 15 is 0 Å². The third kappa shape index (κ3) is 10.4. The highest BCUT2D eigenvalue weighted by atomic mass is 16.2. The number of Topliss-reactive ketones (excluding diaryl/α,β-unsaturated/α-hetero) is 3. The van der Waals surface area contributed by atoms with Crippen molar-refractivity contribution in [2.75, 3.05) is 17.6 Å². The first kappa shape index (κ1) is 57.8. The third-order valence-corrected chi connectivity index (χ3v) is 19.4. The zero-order valence-corrected chi connectivity index (χ0v) is 48.6. The number of fused-ring (bicyclic) bond motifs is 9. The highest BCUT2D eigenvalue weighted by Gasteiger charge is 2.52. The van der Waals surface area contributed by atoms with Crippen LogP contribution < -0.4 is 16.8 Å². The van der Waals surface area contributed by atoms with Crippen LogP contribution in [-0.2, 0) is 61.1 Å². The minimum Gasteiger partial charge on any atom is -0.368 e. The maximum atomic E-state index is 13.1. The molecule has 16 heteroatoms. The van der Waals surface area contributed by atoms with Crippen molar-refractivity contribution in [1.82, 2.24) is 29.9 Å². The number of nitrogen functional groups attached to an aromatic ring is 1. The number of carbonyl (C=O) groups is 4. The van der Waals surface area contributed by atoms with Gasteiger partial charge >= 0.3 is 0 Å². The average molecular weight is 1110 g/mol. The number of hydrogen-bond acceptors (Lipinski definition) is 12. The van der Waals surface area contributed by atoms with Gasteiger partial charge in [0.15, 0.2) is 17.3 Å². The molecule has 0 bridgehead atoms. The van der Waals surface area contributed by atoms with Crippen molar-refractivity contribution in [3.63, 3.8) is 0 Å². The Hall–Kier alpha value is -8.39. The van der Waals surface area contributed by atoms with Crippen molar-refractivity contribution in [1.29, 1.82) is 0 Å². The molecule has 1 saturated carbocycles. The molecule has 424 valence electrons. The summed E-state index contributed by atoms with van der Waals surface area (Å²) >= 11 is 0. The summed E-state index contributed by atoms with van der Waals surface area (Å²) in [6.07, 6.45) is 16.3. The van der Waals surface area contributed by atoms with E-state index in [0.29, 0.717) is 18.9 Å². The second-order valence-electron chi connectivity index (χ2n) is 24.3. The van der Waals surface area contributed by atoms with Gasteiger partial charge in [-0.2, -0.15) is 0 Å². The molecule has 7 aliphatic carbocycles. The molecule has 83 heavy (non-hydrogen) atoms. The van der Waals surface area contributed by atoms with E-state index in [-0.39, 0.29) is 93.1 Å². The number of nitrogens with zero attached hydrogens (tertiary/aromatic N) is 9. The Kier molecular flexibility index (Phi) is 16.1. The number of carbonyl (C=O) groups excluding carboxylic acids is 4. The van der Waals surface area contributed by atoms with E-state index in [1.165, 1.54) is 12.0 Å². The monoisotopic (exact) mass is 1110 g/mol. The maximum Gasteiger partial charge on any atom is 0.230 e. The number of nitrogens with one attached hydrogen (secondary N) is 1. The summed E-state index contributed by atoms with van der Waals surface area (Å²) in [5, 5.41) is 3.02. The van der Waals surface area contributed by atoms with Crippen LogP contribution in [0.5, 0.6) is 0 Å². The zero-order chi connectivity index (χ0) is 59.1. The van der Waals surface area contributed by atoms with Crippen molar-refractivity contribution in [2.45, 2.75) is 142 Å². The van der Waals surface area contributed by atoms with E-state index in [0.717, 1.165) is 126 Å².